The van der Waals surface area contributed by atoms with Crippen molar-refractivity contribution in [3.63, 3.8) is 0 Å². The summed E-state index contributed by atoms with van der Waals surface area (Å²) in [7, 11) is 0. The summed E-state index contributed by atoms with van der Waals surface area (Å²) in [6.45, 7) is 1.08. The van der Waals surface area contributed by atoms with Crippen molar-refractivity contribution in [2.75, 3.05) is 13.2 Å². The van der Waals surface area contributed by atoms with E-state index in [-0.39, 0.29) is 11.7 Å². The van der Waals surface area contributed by atoms with Gasteiger partial charge in [0.15, 0.2) is 11.5 Å². The number of non-ortho nitro benzene ring substituents is 1. The van der Waals surface area contributed by atoms with E-state index in [9.17, 15) is 10.1 Å². The number of nitro groups is 1. The molecule has 0 N–H and O–H groups in total. The molecule has 0 amide bonds. The van der Waals surface area contributed by atoms with Gasteiger partial charge >= 0.3 is 0 Å². The van der Waals surface area contributed by atoms with Crippen LogP contribution in [0.15, 0.2) is 71.8 Å². The number of ether oxygens (including phenoxy) is 3. The molecule has 0 unspecified atom stereocenters. The Bertz CT molecular complexity index is 1240. The van der Waals surface area contributed by atoms with Crippen LogP contribution in [-0.2, 0) is 0 Å². The number of hydrogen-bond donors (Lipinski definition) is 0. The third-order valence-corrected chi connectivity index (χ3v) is 5.96. The van der Waals surface area contributed by atoms with E-state index in [4.69, 9.17) is 19.3 Å². The van der Waals surface area contributed by atoms with Crippen LogP contribution in [0.4, 0.5) is 5.69 Å². The number of hydrazone groups is 1. The molecule has 3 aliphatic heterocycles. The summed E-state index contributed by atoms with van der Waals surface area (Å²) in [4.78, 5) is 10.7. The number of benzene rings is 3. The lowest BCUT2D eigenvalue weighted by Crippen LogP contribution is -2.33. The molecule has 6 rings (SSSR count). The van der Waals surface area contributed by atoms with Crippen LogP contribution in [0.5, 0.6) is 17.2 Å². The molecule has 0 bridgehead atoms. The van der Waals surface area contributed by atoms with Crippen LogP contribution >= 0.6 is 0 Å². The van der Waals surface area contributed by atoms with E-state index >= 15 is 0 Å². The molecular weight excluding hydrogens is 410 g/mol. The van der Waals surface area contributed by atoms with E-state index in [2.05, 4.69) is 6.07 Å². The Kier molecular flexibility index (Phi) is 4.24. The predicted molar refractivity (Wildman–Crippen MR) is 116 cm³/mol. The van der Waals surface area contributed by atoms with Crippen LogP contribution in [0.3, 0.4) is 0 Å². The van der Waals surface area contributed by atoms with E-state index in [1.165, 1.54) is 12.1 Å². The highest BCUT2D eigenvalue weighted by Gasteiger charge is 2.41. The summed E-state index contributed by atoms with van der Waals surface area (Å²) in [5.74, 6) is 2.27. The van der Waals surface area contributed by atoms with Crippen LogP contribution in [0.2, 0.25) is 0 Å². The normalized spacial score (nSPS) is 20.6. The van der Waals surface area contributed by atoms with Crippen molar-refractivity contribution in [1.29, 1.82) is 0 Å². The maximum absolute atomic E-state index is 11.1. The third kappa shape index (κ3) is 3.03. The van der Waals surface area contributed by atoms with E-state index < -0.39 is 11.2 Å². The number of rotatable bonds is 3. The van der Waals surface area contributed by atoms with E-state index in [0.717, 1.165) is 39.7 Å². The van der Waals surface area contributed by atoms with Crippen LogP contribution in [-0.4, -0.2) is 28.9 Å². The van der Waals surface area contributed by atoms with Gasteiger partial charge in [0, 0.05) is 35.2 Å². The van der Waals surface area contributed by atoms with Gasteiger partial charge in [0.05, 0.1) is 16.7 Å². The molecule has 8 nitrogen and oxygen atoms in total. The van der Waals surface area contributed by atoms with Gasteiger partial charge in [0.1, 0.15) is 19.0 Å². The number of nitro benzene ring substituents is 1. The zero-order chi connectivity index (χ0) is 21.7. The summed E-state index contributed by atoms with van der Waals surface area (Å²) in [6.07, 6.45) is 0.231. The van der Waals surface area contributed by atoms with Gasteiger partial charge in [-0.25, -0.2) is 5.01 Å². The summed E-state index contributed by atoms with van der Waals surface area (Å²) in [5.41, 5.74) is 3.83. The zero-order valence-electron chi connectivity index (χ0n) is 17.0. The SMILES string of the molecule is O=[N+]([O-])c1ccc([C@H]2Oc3ccccc3[C@@H]3CC(c4ccc5c(c4)OCCO5)=NN23)cc1. The minimum atomic E-state index is -0.481. The number of nitrogens with zero attached hydrogens (tertiary/aromatic N) is 3. The highest BCUT2D eigenvalue weighted by molar-refractivity contribution is 6.02. The fourth-order valence-electron chi connectivity index (χ4n) is 4.41. The maximum atomic E-state index is 11.1. The van der Waals surface area contributed by atoms with Crippen LogP contribution in [0.25, 0.3) is 0 Å². The minimum Gasteiger partial charge on any atom is -0.486 e. The molecule has 3 aromatic carbocycles. The lowest BCUT2D eigenvalue weighted by atomic mass is 9.95. The first-order valence-corrected chi connectivity index (χ1v) is 10.4. The lowest BCUT2D eigenvalue weighted by molar-refractivity contribution is -0.384. The maximum Gasteiger partial charge on any atom is 0.269 e. The lowest BCUT2D eigenvalue weighted by Gasteiger charge is -2.38. The molecule has 3 aromatic rings. The van der Waals surface area contributed by atoms with Crippen molar-refractivity contribution in [1.82, 2.24) is 5.01 Å². The van der Waals surface area contributed by atoms with E-state index in [0.29, 0.717) is 19.6 Å². The number of fused-ring (bicyclic) bond motifs is 4. The Balaban J connectivity index is 1.39. The molecule has 2 atom stereocenters. The van der Waals surface area contributed by atoms with Crippen molar-refractivity contribution >= 4 is 11.4 Å². The van der Waals surface area contributed by atoms with Crippen molar-refractivity contribution in [3.8, 4) is 17.2 Å². The quantitative estimate of drug-likeness (QED) is 0.446. The molecule has 3 heterocycles. The fourth-order valence-corrected chi connectivity index (χ4v) is 4.41. The van der Waals surface area contributed by atoms with Gasteiger partial charge in [-0.1, -0.05) is 18.2 Å². The zero-order valence-corrected chi connectivity index (χ0v) is 17.0. The van der Waals surface area contributed by atoms with Gasteiger partial charge in [0.25, 0.3) is 5.69 Å². The van der Waals surface area contributed by atoms with E-state index in [1.54, 1.807) is 12.1 Å². The Hall–Kier alpha value is -4.07. The topological polar surface area (TPSA) is 86.4 Å². The first-order chi connectivity index (χ1) is 15.7. The van der Waals surface area contributed by atoms with Crippen molar-refractivity contribution in [2.24, 2.45) is 5.10 Å². The summed E-state index contributed by atoms with van der Waals surface area (Å²) >= 11 is 0. The Morgan fingerprint density at radius 1 is 0.938 bits per heavy atom. The van der Waals surface area contributed by atoms with Gasteiger partial charge in [-0.3, -0.25) is 10.1 Å². The smallest absolute Gasteiger partial charge is 0.269 e. The second-order valence-corrected chi connectivity index (χ2v) is 7.86. The third-order valence-electron chi connectivity index (χ3n) is 5.96. The second kappa shape index (κ2) is 7.26. The molecule has 32 heavy (non-hydrogen) atoms. The monoisotopic (exact) mass is 429 g/mol. The molecule has 0 aliphatic carbocycles. The standard InChI is InChI=1S/C24H19N3O5/c28-27(29)17-8-5-15(6-9-17)24-26-20(18-3-1-2-4-21(18)32-24)14-19(25-26)16-7-10-22-23(13-16)31-12-11-30-22/h1-10,13,20,24H,11-12,14H2/t20-,24+/m0/s1. The van der Waals surface area contributed by atoms with Crippen LogP contribution < -0.4 is 14.2 Å². The van der Waals surface area contributed by atoms with Gasteiger partial charge < -0.3 is 14.2 Å². The Labute approximate surface area is 183 Å². The van der Waals surface area contributed by atoms with Crippen LogP contribution in [0, 0.1) is 10.1 Å². The summed E-state index contributed by atoms with van der Waals surface area (Å²) in [6, 6.07) is 20.3. The number of para-hydroxylation sites is 1. The molecule has 0 aromatic heterocycles. The van der Waals surface area contributed by atoms with Gasteiger partial charge in [-0.15, -0.1) is 0 Å². The fraction of sp³-hybridized carbons (Fsp3) is 0.208. The van der Waals surface area contributed by atoms with Gasteiger partial charge in [-0.2, -0.15) is 5.10 Å². The second-order valence-electron chi connectivity index (χ2n) is 7.86. The van der Waals surface area contributed by atoms with Crippen molar-refractivity contribution in [3.05, 3.63) is 93.5 Å². The average molecular weight is 429 g/mol. The Morgan fingerprint density at radius 3 is 2.53 bits per heavy atom. The molecule has 0 fully saturated rings. The molecule has 3 aliphatic rings. The minimum absolute atomic E-state index is 0.00310. The average Bonchev–Trinajstić information content (AvgIpc) is 3.29. The summed E-state index contributed by atoms with van der Waals surface area (Å²) in [5, 5.41) is 18.0. The van der Waals surface area contributed by atoms with E-state index in [1.807, 2.05) is 41.4 Å². The molecule has 8 heteroatoms. The van der Waals surface area contributed by atoms with Crippen molar-refractivity contribution in [2.45, 2.75) is 18.7 Å². The van der Waals surface area contributed by atoms with Gasteiger partial charge in [-0.05, 0) is 36.4 Å². The summed E-state index contributed by atoms with van der Waals surface area (Å²) < 4.78 is 17.7. The first-order valence-electron chi connectivity index (χ1n) is 10.4. The number of hydrogen-bond acceptors (Lipinski definition) is 7. The molecule has 160 valence electrons. The first kappa shape index (κ1) is 18.7. The molecule has 0 saturated heterocycles. The molecule has 0 radical (unpaired) electrons. The molecular formula is C24H19N3O5. The highest BCUT2D eigenvalue weighted by atomic mass is 16.6. The molecule has 0 saturated carbocycles. The van der Waals surface area contributed by atoms with Gasteiger partial charge in [0.2, 0.25) is 6.23 Å². The highest BCUT2D eigenvalue weighted by Crippen LogP contribution is 2.47. The molecule has 0 spiro atoms. The predicted octanol–water partition coefficient (Wildman–Crippen LogP) is 4.61. The Morgan fingerprint density at radius 2 is 1.72 bits per heavy atom. The van der Waals surface area contributed by atoms with Crippen molar-refractivity contribution < 1.29 is 19.1 Å². The van der Waals surface area contributed by atoms with Crippen LogP contribution in [0.1, 0.15) is 35.4 Å². The largest absolute Gasteiger partial charge is 0.486 e.